The van der Waals surface area contributed by atoms with Crippen LogP contribution in [-0.4, -0.2) is 127 Å². The third-order valence-corrected chi connectivity index (χ3v) is 28.8. The van der Waals surface area contributed by atoms with E-state index >= 15 is 0 Å². The SMILES string of the molecule is C.C.CC(C)OC(=O)[C@H](C)NP(=O)(Oc1ccc2c(c1)OCO2)C(C)C.CC(C)OC(=O)[C@H](C)NP(=O)(Oc1cccc(Cl)c1)C(C)C.CC(C)P(=O)(N[C@@H](C)C(=O)OC1CCCC1)Oc1ccccc1.CCCOC(=O)[C@H](C)NP(=O)(Oc1ccccc1)C(C)C.CCOC(=O)[C@H](C)NP(=O)(Oc1ccccc1)C(C)C. The summed E-state index contributed by atoms with van der Waals surface area (Å²) in [6.07, 6.45) is 4.31. The van der Waals surface area contributed by atoms with Gasteiger partial charge in [0.2, 0.25) is 6.79 Å². The molecule has 5 N–H and O–H groups in total. The summed E-state index contributed by atoms with van der Waals surface area (Å²) >= 11 is 5.90. The lowest BCUT2D eigenvalue weighted by atomic mass is 10.3. The highest BCUT2D eigenvalue weighted by Crippen LogP contribution is 2.53. The fourth-order valence-corrected chi connectivity index (χ4v) is 17.6. The molecule has 0 amide bonds. The van der Waals surface area contributed by atoms with Crippen molar-refractivity contribution in [2.24, 2.45) is 0 Å². The van der Waals surface area contributed by atoms with Gasteiger partial charge in [0.05, 0.1) is 53.7 Å². The fourth-order valence-electron chi connectivity index (χ4n) is 9.24. The lowest BCUT2D eigenvalue weighted by molar-refractivity contribution is -0.151. The normalized spacial score (nSPS) is 16.2. The molecule has 5 aromatic rings. The van der Waals surface area contributed by atoms with Crippen molar-refractivity contribution >= 4 is 79.0 Å². The average Bonchev–Trinajstić information content (AvgIpc) is 1.51. The van der Waals surface area contributed by atoms with Crippen molar-refractivity contribution in [2.45, 2.75) is 269 Å². The maximum atomic E-state index is 13.2. The lowest BCUT2D eigenvalue weighted by Gasteiger charge is -2.26. The number of carbonyl (C=O) groups excluding carboxylic acids is 5. The maximum absolute atomic E-state index is 13.2. The smallest absolute Gasteiger partial charge is 0.323 e. The predicted molar refractivity (Wildman–Crippen MR) is 445 cm³/mol. The van der Waals surface area contributed by atoms with Gasteiger partial charge < -0.3 is 55.8 Å². The Morgan fingerprint density at radius 3 is 1.04 bits per heavy atom. The molecule has 632 valence electrons. The lowest BCUT2D eigenvalue weighted by Crippen LogP contribution is -2.37. The predicted octanol–water partition coefficient (Wildman–Crippen LogP) is 19.8. The molecule has 112 heavy (non-hydrogen) atoms. The first-order valence-corrected chi connectivity index (χ1v) is 46.0. The molecule has 0 radical (unpaired) electrons. The van der Waals surface area contributed by atoms with Gasteiger partial charge in [-0.15, -0.1) is 0 Å². The largest absolute Gasteiger partial charge is 0.465 e. The number of carbonyl (C=O) groups is 5. The summed E-state index contributed by atoms with van der Waals surface area (Å²) in [7, 11) is -16.3. The van der Waals surface area contributed by atoms with E-state index in [2.05, 4.69) is 25.4 Å². The molecule has 10 atom stereocenters. The molecule has 0 bridgehead atoms. The van der Waals surface area contributed by atoms with E-state index in [1.54, 1.807) is 228 Å². The molecule has 27 nitrogen and oxygen atoms in total. The fraction of sp³-hybridized carbons (Fsp3) is 0.557. The van der Waals surface area contributed by atoms with Gasteiger partial charge in [0.25, 0.3) is 0 Å². The first kappa shape index (κ1) is 103. The Hall–Kier alpha value is -6.71. The standard InChI is InChI=1S/C17H26NO4P.C16H24NO6P.C15H23ClNO4P.C15H24NO4P.C14H22NO4P.2CH4/c1-13(2)23(20,22-16-11-5-4-6-12-16)18-14(3)17(19)21-15-9-7-8-10-15;1-10(2)22-16(18)12(5)17-24(19,11(3)4)23-13-6-7-14-15(8-13)21-9-20-14;1-10(2)20-15(18)12(5)17-22(19,11(3)4)21-14-8-6-7-13(16)9-14;1-5-11-19-15(17)13(4)16-21(18,12(2)3)20-14-9-7-6-8-10-14;1-5-18-14(16)12(4)15-20(17,11(2)3)19-13-9-7-6-8-10-13;;/h4-6,11-15H,7-10H2,1-3H3,(H,18,20);6-8,10-12H,9H2,1-5H3,(H,17,19);6-12H,1-5H3,(H,17,19);6-10,12-13H,5,11H2,1-4H3,(H,16,18);6-12H,5H2,1-4H3,(H,15,17);2*1H4/t14-,23?;12-,24?;12-,22?;13-,21?;12-,20?;;/m00000../s1. The molecule has 33 heteroatoms. The second-order valence-electron chi connectivity index (χ2n) is 27.8. The number of halogens is 1. The molecule has 7 rings (SSSR count). The van der Waals surface area contributed by atoms with Gasteiger partial charge in [-0.05, 0) is 168 Å². The number of benzene rings is 5. The molecule has 1 saturated carbocycles. The third kappa shape index (κ3) is 36.4. The highest BCUT2D eigenvalue weighted by molar-refractivity contribution is 7.59. The van der Waals surface area contributed by atoms with Gasteiger partial charge >= 0.3 is 67.4 Å². The molecule has 1 heterocycles. The van der Waals surface area contributed by atoms with E-state index in [1.807, 2.05) is 51.1 Å². The van der Waals surface area contributed by atoms with Gasteiger partial charge in [0, 0.05) is 11.1 Å². The van der Waals surface area contributed by atoms with Crippen LogP contribution in [0.25, 0.3) is 0 Å². The second kappa shape index (κ2) is 50.6. The Kier molecular flexibility index (Phi) is 46.7. The number of para-hydroxylation sites is 3. The van der Waals surface area contributed by atoms with Crippen LogP contribution in [0.2, 0.25) is 5.02 Å². The van der Waals surface area contributed by atoms with Crippen molar-refractivity contribution in [3.8, 4) is 40.2 Å². The Morgan fingerprint density at radius 2 is 0.705 bits per heavy atom. The van der Waals surface area contributed by atoms with E-state index in [9.17, 15) is 46.8 Å². The molecule has 2 aliphatic rings. The summed E-state index contributed by atoms with van der Waals surface area (Å²) < 4.78 is 130. The van der Waals surface area contributed by atoms with Gasteiger partial charge in [0.15, 0.2) is 11.5 Å². The molecular formula is C79H127ClN5O22P5. The molecule has 0 saturated heterocycles. The average molecular weight is 1690 g/mol. The quantitative estimate of drug-likeness (QED) is 0.0141. The maximum Gasteiger partial charge on any atom is 0.323 e. The minimum Gasteiger partial charge on any atom is -0.465 e. The summed E-state index contributed by atoms with van der Waals surface area (Å²) in [6, 6.07) is 34.9. The van der Waals surface area contributed by atoms with Crippen molar-refractivity contribution in [1.29, 1.82) is 0 Å². The van der Waals surface area contributed by atoms with E-state index in [1.165, 1.54) is 0 Å². The minimum atomic E-state index is -3.34. The van der Waals surface area contributed by atoms with Gasteiger partial charge in [-0.2, -0.15) is 0 Å². The minimum absolute atomic E-state index is 0. The molecule has 1 aliphatic carbocycles. The topological polar surface area (TPSA) is 342 Å². The second-order valence-corrected chi connectivity index (χ2v) is 41.6. The van der Waals surface area contributed by atoms with Crippen LogP contribution < -0.4 is 57.5 Å². The number of hydrogen-bond acceptors (Lipinski definition) is 22. The Bertz CT molecular complexity index is 3880. The summed E-state index contributed by atoms with van der Waals surface area (Å²) in [5.41, 5.74) is -1.44. The highest BCUT2D eigenvalue weighted by atomic mass is 35.5. The van der Waals surface area contributed by atoms with Crippen LogP contribution in [0.15, 0.2) is 133 Å². The summed E-state index contributed by atoms with van der Waals surface area (Å²) in [6.45, 7) is 37.4. The van der Waals surface area contributed by atoms with Crippen LogP contribution in [0.1, 0.15) is 192 Å². The number of hydrogen-bond donors (Lipinski definition) is 5. The van der Waals surface area contributed by atoms with E-state index < -0.39 is 91.7 Å². The number of nitrogens with one attached hydrogen (secondary N) is 5. The van der Waals surface area contributed by atoms with Crippen LogP contribution in [0, 0.1) is 0 Å². The number of rotatable bonds is 36. The van der Waals surface area contributed by atoms with E-state index in [0.29, 0.717) is 51.9 Å². The summed E-state index contributed by atoms with van der Waals surface area (Å²) in [5, 5.41) is 14.5. The number of ether oxygens (including phenoxy) is 7. The molecule has 0 spiro atoms. The van der Waals surface area contributed by atoms with Crippen molar-refractivity contribution in [1.82, 2.24) is 25.4 Å². The van der Waals surface area contributed by atoms with Gasteiger partial charge in [-0.1, -0.05) is 163 Å². The van der Waals surface area contributed by atoms with Crippen LogP contribution in [0.4, 0.5) is 0 Å². The van der Waals surface area contributed by atoms with Gasteiger partial charge in [-0.25, -0.2) is 25.4 Å². The molecule has 1 aliphatic heterocycles. The Morgan fingerprint density at radius 1 is 0.393 bits per heavy atom. The van der Waals surface area contributed by atoms with Crippen LogP contribution in [-0.2, 0) is 70.5 Å². The van der Waals surface area contributed by atoms with Gasteiger partial charge in [-0.3, -0.25) is 46.8 Å². The van der Waals surface area contributed by atoms with Crippen molar-refractivity contribution in [3.63, 3.8) is 0 Å². The van der Waals surface area contributed by atoms with Crippen molar-refractivity contribution in [2.75, 3.05) is 20.0 Å². The summed E-state index contributed by atoms with van der Waals surface area (Å²) in [5.74, 6) is 1.30. The van der Waals surface area contributed by atoms with E-state index in [0.717, 1.165) is 32.1 Å². The van der Waals surface area contributed by atoms with E-state index in [4.69, 9.17) is 67.4 Å². The third-order valence-electron chi connectivity index (χ3n) is 15.6. The van der Waals surface area contributed by atoms with Crippen molar-refractivity contribution in [3.05, 3.63) is 138 Å². The molecule has 5 unspecified atom stereocenters. The highest BCUT2D eigenvalue weighted by Gasteiger charge is 2.39. The first-order chi connectivity index (χ1) is 51.5. The zero-order valence-electron chi connectivity index (χ0n) is 67.5. The monoisotopic (exact) mass is 1690 g/mol. The Balaban J connectivity index is 0.000000698. The van der Waals surface area contributed by atoms with E-state index in [-0.39, 0.29) is 80.8 Å². The number of esters is 5. The van der Waals surface area contributed by atoms with Crippen molar-refractivity contribution < 1.29 is 103 Å². The van der Waals surface area contributed by atoms with Crippen LogP contribution in [0.5, 0.6) is 40.2 Å². The molecule has 5 aromatic carbocycles. The molecule has 0 aromatic heterocycles. The molecule has 1 fully saturated rings. The number of fused-ring (bicyclic) bond motifs is 1. The zero-order valence-corrected chi connectivity index (χ0v) is 72.7. The van der Waals surface area contributed by atoms with Gasteiger partial charge in [0.1, 0.15) is 65.1 Å². The molecular weight excluding hydrogens is 1560 g/mol. The summed E-state index contributed by atoms with van der Waals surface area (Å²) in [4.78, 5) is 59.5. The Labute approximate surface area is 671 Å². The van der Waals surface area contributed by atoms with Crippen LogP contribution in [0.3, 0.4) is 0 Å². The first-order valence-electron chi connectivity index (χ1n) is 37.1. The zero-order chi connectivity index (χ0) is 82.7. The van der Waals surface area contributed by atoms with Crippen LogP contribution >= 0.6 is 49.2 Å².